The topological polar surface area (TPSA) is 140 Å². The number of fused-ring (bicyclic) bond motifs is 2. The Bertz CT molecular complexity index is 1620. The maximum atomic E-state index is 13.2. The van der Waals surface area contributed by atoms with Crippen LogP contribution in [0.4, 0.5) is 11.4 Å². The number of ether oxygens (including phenoxy) is 7. The van der Waals surface area contributed by atoms with E-state index in [4.69, 9.17) is 33.2 Å². The van der Waals surface area contributed by atoms with E-state index in [0.717, 1.165) is 19.3 Å². The first-order chi connectivity index (χ1) is 22.8. The molecule has 0 spiro atoms. The highest BCUT2D eigenvalue weighted by Crippen LogP contribution is 2.45. The number of nitro groups is 1. The van der Waals surface area contributed by atoms with Gasteiger partial charge in [-0.25, -0.2) is 0 Å². The van der Waals surface area contributed by atoms with Gasteiger partial charge in [-0.3, -0.25) is 19.9 Å². The van der Waals surface area contributed by atoms with Crippen molar-refractivity contribution in [2.24, 2.45) is 4.99 Å². The van der Waals surface area contributed by atoms with Crippen LogP contribution < -0.4 is 33.2 Å². The zero-order valence-corrected chi connectivity index (χ0v) is 27.1. The number of methoxy groups -OCH3 is 4. The Morgan fingerprint density at radius 1 is 0.936 bits per heavy atom. The van der Waals surface area contributed by atoms with Crippen molar-refractivity contribution in [3.05, 3.63) is 58.1 Å². The van der Waals surface area contributed by atoms with Gasteiger partial charge >= 0.3 is 5.69 Å². The Morgan fingerprint density at radius 2 is 1.66 bits per heavy atom. The number of para-hydroxylation sites is 1. The van der Waals surface area contributed by atoms with E-state index >= 15 is 0 Å². The van der Waals surface area contributed by atoms with Crippen LogP contribution in [0.1, 0.15) is 49.4 Å². The molecule has 5 rings (SSSR count). The molecule has 1 fully saturated rings. The molecule has 2 heterocycles. The van der Waals surface area contributed by atoms with Gasteiger partial charge in [-0.1, -0.05) is 19.4 Å². The van der Waals surface area contributed by atoms with Crippen LogP contribution in [-0.2, 0) is 0 Å². The normalized spacial score (nSPS) is 15.6. The summed E-state index contributed by atoms with van der Waals surface area (Å²) in [6.07, 6.45) is 5.07. The fourth-order valence-corrected chi connectivity index (χ4v) is 5.79. The smallest absolute Gasteiger partial charge is 0.352 e. The third-order valence-electron chi connectivity index (χ3n) is 8.07. The third kappa shape index (κ3) is 7.13. The van der Waals surface area contributed by atoms with Crippen LogP contribution >= 0.6 is 0 Å². The third-order valence-corrected chi connectivity index (χ3v) is 8.07. The molecule has 0 saturated carbocycles. The summed E-state index contributed by atoms with van der Waals surface area (Å²) in [5.41, 5.74) is 0.683. The lowest BCUT2D eigenvalue weighted by atomic mass is 10.1. The molecule has 2 aliphatic rings. The first kappa shape index (κ1) is 33.2. The quantitative estimate of drug-likeness (QED) is 0.128. The number of nitro benzene ring substituents is 1. The number of carbonyl (C=O) groups is 1. The van der Waals surface area contributed by atoms with Gasteiger partial charge in [-0.15, -0.1) is 0 Å². The number of aliphatic imine (C=N–C) groups is 1. The van der Waals surface area contributed by atoms with Crippen molar-refractivity contribution in [2.45, 2.75) is 51.2 Å². The Morgan fingerprint density at radius 3 is 2.32 bits per heavy atom. The van der Waals surface area contributed by atoms with E-state index < -0.39 is 11.0 Å². The van der Waals surface area contributed by atoms with Gasteiger partial charge in [0, 0.05) is 37.4 Å². The fourth-order valence-electron chi connectivity index (χ4n) is 5.79. The minimum absolute atomic E-state index is 0.00737. The van der Waals surface area contributed by atoms with Crippen molar-refractivity contribution in [3.63, 3.8) is 0 Å². The molecule has 0 N–H and O–H groups in total. The van der Waals surface area contributed by atoms with Crippen molar-refractivity contribution >= 4 is 23.5 Å². The van der Waals surface area contributed by atoms with E-state index in [9.17, 15) is 14.9 Å². The molecule has 3 aromatic rings. The van der Waals surface area contributed by atoms with Crippen LogP contribution in [0.25, 0.3) is 0 Å². The molecule has 3 aromatic carbocycles. The van der Waals surface area contributed by atoms with Gasteiger partial charge in [-0.2, -0.15) is 0 Å². The van der Waals surface area contributed by atoms with Gasteiger partial charge in [-0.05, 0) is 37.5 Å². The van der Waals surface area contributed by atoms with Gasteiger partial charge < -0.3 is 38.1 Å². The highest BCUT2D eigenvalue weighted by atomic mass is 16.6. The lowest BCUT2D eigenvalue weighted by Gasteiger charge is -2.21. The summed E-state index contributed by atoms with van der Waals surface area (Å²) in [5.74, 6) is 2.13. The molecule has 0 aromatic heterocycles. The van der Waals surface area contributed by atoms with Gasteiger partial charge in [0.1, 0.15) is 11.9 Å². The van der Waals surface area contributed by atoms with Gasteiger partial charge in [0.15, 0.2) is 23.0 Å². The summed E-state index contributed by atoms with van der Waals surface area (Å²) in [6.45, 7) is 2.93. The van der Waals surface area contributed by atoms with E-state index in [2.05, 4.69) is 4.99 Å². The molecule has 250 valence electrons. The molecular formula is C34H39N3O10. The SMILES string of the molecule is CCCC(CCOc1cc2c(cc1OC)C(=O)N1CCC[C@H]1C=N2)Oc1cccc(Oc2cc(OC)c(OC)c(OC)c2)c1[N+](=O)[O-]. The van der Waals surface area contributed by atoms with Crippen LogP contribution in [-0.4, -0.2) is 75.7 Å². The number of carbonyl (C=O) groups excluding carboxylic acids is 1. The highest BCUT2D eigenvalue weighted by Gasteiger charge is 2.33. The minimum atomic E-state index is -0.532. The molecular weight excluding hydrogens is 610 g/mol. The van der Waals surface area contributed by atoms with Crippen molar-refractivity contribution in [3.8, 4) is 46.0 Å². The molecule has 1 unspecified atom stereocenters. The second-order valence-corrected chi connectivity index (χ2v) is 11.0. The van der Waals surface area contributed by atoms with Crippen molar-refractivity contribution in [1.82, 2.24) is 4.90 Å². The van der Waals surface area contributed by atoms with Crippen LogP contribution in [0.3, 0.4) is 0 Å². The average Bonchev–Trinajstić information content (AvgIpc) is 3.50. The molecule has 2 atom stereocenters. The lowest BCUT2D eigenvalue weighted by Crippen LogP contribution is -2.35. The number of hydrogen-bond acceptors (Lipinski definition) is 11. The molecule has 0 aliphatic carbocycles. The maximum absolute atomic E-state index is 13.2. The summed E-state index contributed by atoms with van der Waals surface area (Å²) in [5, 5.41) is 12.3. The van der Waals surface area contributed by atoms with Gasteiger partial charge in [0.25, 0.3) is 5.91 Å². The Hall–Kier alpha value is -5.20. The number of benzene rings is 3. The first-order valence-electron chi connectivity index (χ1n) is 15.4. The van der Waals surface area contributed by atoms with Crippen LogP contribution in [0.5, 0.6) is 46.0 Å². The minimum Gasteiger partial charge on any atom is -0.493 e. The second-order valence-electron chi connectivity index (χ2n) is 11.0. The maximum Gasteiger partial charge on any atom is 0.352 e. The van der Waals surface area contributed by atoms with E-state index in [-0.39, 0.29) is 41.5 Å². The zero-order chi connectivity index (χ0) is 33.5. The lowest BCUT2D eigenvalue weighted by molar-refractivity contribution is -0.386. The number of rotatable bonds is 15. The van der Waals surface area contributed by atoms with E-state index in [1.54, 1.807) is 36.4 Å². The zero-order valence-electron chi connectivity index (χ0n) is 27.1. The van der Waals surface area contributed by atoms with Crippen LogP contribution in [0.2, 0.25) is 0 Å². The average molecular weight is 650 g/mol. The highest BCUT2D eigenvalue weighted by molar-refractivity contribution is 6.03. The Kier molecular flexibility index (Phi) is 10.5. The molecule has 47 heavy (non-hydrogen) atoms. The Labute approximate surface area is 273 Å². The summed E-state index contributed by atoms with van der Waals surface area (Å²) >= 11 is 0. The van der Waals surface area contributed by atoms with Crippen LogP contribution in [0.15, 0.2) is 47.5 Å². The molecule has 0 bridgehead atoms. The standard InChI is InChI=1S/C34H39N3O10/c1-6-9-22(13-15-45-29-19-25-24(18-28(29)41-2)34(38)36-14-8-10-21(36)20-35-25)46-26-11-7-12-27(32(26)37(39)40)47-23-16-30(42-3)33(44-5)31(17-23)43-4/h7,11-12,16-22H,6,8-10,13-15H2,1-5H3/t21-,22?/m0/s1. The van der Waals surface area contributed by atoms with Gasteiger partial charge in [0.2, 0.25) is 17.2 Å². The molecule has 1 saturated heterocycles. The van der Waals surface area contributed by atoms with Crippen molar-refractivity contribution in [2.75, 3.05) is 41.6 Å². The first-order valence-corrected chi connectivity index (χ1v) is 15.4. The molecule has 13 heteroatoms. The van der Waals surface area contributed by atoms with Crippen molar-refractivity contribution in [1.29, 1.82) is 0 Å². The second kappa shape index (κ2) is 14.9. The van der Waals surface area contributed by atoms with E-state index in [0.29, 0.717) is 59.4 Å². The van der Waals surface area contributed by atoms with E-state index in [1.165, 1.54) is 34.5 Å². The predicted octanol–water partition coefficient (Wildman–Crippen LogP) is 6.76. The predicted molar refractivity (Wildman–Crippen MR) is 174 cm³/mol. The van der Waals surface area contributed by atoms with E-state index in [1.807, 2.05) is 18.0 Å². The molecule has 13 nitrogen and oxygen atoms in total. The molecule has 2 aliphatic heterocycles. The summed E-state index contributed by atoms with van der Waals surface area (Å²) in [4.78, 5) is 31.4. The Balaban J connectivity index is 1.33. The fraction of sp³-hybridized carbons (Fsp3) is 0.412. The largest absolute Gasteiger partial charge is 0.493 e. The van der Waals surface area contributed by atoms with Crippen molar-refractivity contribution < 1.29 is 42.9 Å². The molecule has 1 amide bonds. The number of nitrogens with zero attached hydrogens (tertiary/aromatic N) is 3. The molecule has 0 radical (unpaired) electrons. The van der Waals surface area contributed by atoms with Gasteiger partial charge in [0.05, 0.1) is 57.3 Å². The summed E-state index contributed by atoms with van der Waals surface area (Å²) < 4.78 is 40.0. The summed E-state index contributed by atoms with van der Waals surface area (Å²) in [7, 11) is 5.94. The number of amides is 1. The van der Waals surface area contributed by atoms with Crippen LogP contribution in [0, 0.1) is 10.1 Å². The summed E-state index contributed by atoms with van der Waals surface area (Å²) in [6, 6.07) is 11.2. The monoisotopic (exact) mass is 649 g/mol. The number of hydrogen-bond donors (Lipinski definition) is 0.